The molecule has 0 radical (unpaired) electrons. The van der Waals surface area contributed by atoms with E-state index in [2.05, 4.69) is 15.5 Å². The molecule has 5 rings (SSSR count). The smallest absolute Gasteiger partial charge is 0.393 e. The first-order chi connectivity index (χ1) is 17.8. The number of halogens is 2. The van der Waals surface area contributed by atoms with Crippen LogP contribution in [0.15, 0.2) is 48.7 Å². The van der Waals surface area contributed by atoms with Crippen molar-refractivity contribution >= 4 is 42.5 Å². The van der Waals surface area contributed by atoms with Crippen LogP contribution in [-0.4, -0.2) is 52.2 Å². The topological polar surface area (TPSA) is 114 Å². The van der Waals surface area contributed by atoms with Gasteiger partial charge < -0.3 is 9.84 Å². The Kier molecular flexibility index (Phi) is 7.70. The molecule has 12 heteroatoms. The third-order valence-corrected chi connectivity index (χ3v) is 8.83. The van der Waals surface area contributed by atoms with Crippen LogP contribution in [0.2, 0.25) is 10.0 Å². The number of benzene rings is 2. The lowest BCUT2D eigenvalue weighted by molar-refractivity contribution is 0.0906. The number of amides is 1. The molecule has 0 spiro atoms. The molecule has 1 amide bonds. The molecule has 3 aromatic rings. The SMILES string of the molecule is O=C(NC1CCN(CP2(=O)OCc3ccccc3O2)CC1)c1[nH]ncc1CC(=O)c1c(Cl)cccc1Cl. The number of nitrogens with one attached hydrogen (secondary N) is 2. The van der Waals surface area contributed by atoms with Gasteiger partial charge in [0, 0.05) is 36.7 Å². The molecule has 0 aliphatic carbocycles. The van der Waals surface area contributed by atoms with E-state index in [0.717, 1.165) is 5.56 Å². The van der Waals surface area contributed by atoms with Gasteiger partial charge in [-0.05, 0) is 31.0 Å². The average molecular weight is 563 g/mol. The van der Waals surface area contributed by atoms with Crippen LogP contribution in [0.4, 0.5) is 0 Å². The van der Waals surface area contributed by atoms with Crippen LogP contribution in [0.1, 0.15) is 44.8 Å². The van der Waals surface area contributed by atoms with E-state index in [4.69, 9.17) is 32.2 Å². The van der Waals surface area contributed by atoms with Gasteiger partial charge in [-0.15, -0.1) is 0 Å². The van der Waals surface area contributed by atoms with Crippen LogP contribution < -0.4 is 9.84 Å². The first-order valence-corrected chi connectivity index (χ1v) is 14.3. The minimum atomic E-state index is -3.28. The lowest BCUT2D eigenvalue weighted by Gasteiger charge is -2.35. The third-order valence-electron chi connectivity index (χ3n) is 6.46. The third kappa shape index (κ3) is 5.92. The summed E-state index contributed by atoms with van der Waals surface area (Å²) in [7, 11) is -3.28. The lowest BCUT2D eigenvalue weighted by Crippen LogP contribution is -2.45. The fraction of sp³-hybridized carbons (Fsp3) is 0.320. The maximum Gasteiger partial charge on any atom is 0.393 e. The molecule has 0 bridgehead atoms. The second-order valence-corrected chi connectivity index (χ2v) is 11.8. The average Bonchev–Trinajstić information content (AvgIpc) is 3.33. The van der Waals surface area contributed by atoms with Gasteiger partial charge >= 0.3 is 7.60 Å². The zero-order valence-corrected chi connectivity index (χ0v) is 22.2. The molecular formula is C25H25Cl2N4O5P. The number of para-hydroxylation sites is 1. The lowest BCUT2D eigenvalue weighted by atomic mass is 10.0. The van der Waals surface area contributed by atoms with Crippen molar-refractivity contribution in [3.8, 4) is 5.75 Å². The van der Waals surface area contributed by atoms with Gasteiger partial charge in [-0.2, -0.15) is 5.10 Å². The number of piperidine rings is 1. The predicted octanol–water partition coefficient (Wildman–Crippen LogP) is 5.10. The van der Waals surface area contributed by atoms with Crippen molar-refractivity contribution < 1.29 is 23.2 Å². The second-order valence-electron chi connectivity index (χ2n) is 9.06. The Bertz CT molecular complexity index is 1350. The Morgan fingerprint density at radius 1 is 1.11 bits per heavy atom. The normalized spacial score (nSPS) is 20.2. The van der Waals surface area contributed by atoms with E-state index in [9.17, 15) is 14.2 Å². The number of hydrogen-bond acceptors (Lipinski definition) is 7. The Balaban J connectivity index is 1.14. The molecule has 1 unspecified atom stereocenters. The van der Waals surface area contributed by atoms with Crippen LogP contribution in [0, 0.1) is 0 Å². The van der Waals surface area contributed by atoms with Crippen molar-refractivity contribution in [3.05, 3.63) is 81.1 Å². The highest BCUT2D eigenvalue weighted by Crippen LogP contribution is 2.53. The number of likely N-dealkylation sites (tertiary alicyclic amines) is 1. The molecule has 194 valence electrons. The first kappa shape index (κ1) is 25.9. The quantitative estimate of drug-likeness (QED) is 0.304. The fourth-order valence-electron chi connectivity index (χ4n) is 4.51. The maximum absolute atomic E-state index is 13.1. The number of fused-ring (bicyclic) bond motifs is 1. The number of ketones is 1. The van der Waals surface area contributed by atoms with Gasteiger partial charge in [0.2, 0.25) is 0 Å². The number of hydrogen-bond donors (Lipinski definition) is 2. The van der Waals surface area contributed by atoms with Crippen LogP contribution >= 0.6 is 30.8 Å². The number of aromatic amines is 1. The van der Waals surface area contributed by atoms with Crippen molar-refractivity contribution in [3.63, 3.8) is 0 Å². The van der Waals surface area contributed by atoms with Gasteiger partial charge in [-0.1, -0.05) is 47.5 Å². The van der Waals surface area contributed by atoms with Crippen LogP contribution in [0.3, 0.4) is 0 Å². The zero-order valence-electron chi connectivity index (χ0n) is 19.8. The minimum absolute atomic E-state index is 0.0699. The summed E-state index contributed by atoms with van der Waals surface area (Å²) in [6.45, 7) is 1.52. The summed E-state index contributed by atoms with van der Waals surface area (Å²) in [6.07, 6.45) is 2.92. The van der Waals surface area contributed by atoms with Gasteiger partial charge in [0.05, 0.1) is 28.4 Å². The van der Waals surface area contributed by atoms with E-state index < -0.39 is 7.60 Å². The van der Waals surface area contributed by atoms with E-state index >= 15 is 0 Å². The molecule has 1 atom stereocenters. The molecule has 2 N–H and O–H groups in total. The summed E-state index contributed by atoms with van der Waals surface area (Å²) in [5.41, 5.74) is 1.79. The van der Waals surface area contributed by atoms with Gasteiger partial charge in [-0.3, -0.25) is 24.1 Å². The number of carbonyl (C=O) groups is 2. The largest absolute Gasteiger partial charge is 0.423 e. The van der Waals surface area contributed by atoms with Crippen LogP contribution in [0.5, 0.6) is 5.75 Å². The van der Waals surface area contributed by atoms with Crippen molar-refractivity contribution in [2.75, 3.05) is 19.4 Å². The number of H-pyrrole nitrogens is 1. The molecule has 3 heterocycles. The molecule has 1 aromatic heterocycles. The molecular weight excluding hydrogens is 538 g/mol. The van der Waals surface area contributed by atoms with Crippen LogP contribution in [0.25, 0.3) is 0 Å². The van der Waals surface area contributed by atoms with Gasteiger partial charge in [0.1, 0.15) is 17.7 Å². The van der Waals surface area contributed by atoms with E-state index in [1.165, 1.54) is 6.20 Å². The predicted molar refractivity (Wildman–Crippen MR) is 139 cm³/mol. The minimum Gasteiger partial charge on any atom is -0.423 e. The molecule has 1 fully saturated rings. The van der Waals surface area contributed by atoms with E-state index in [1.54, 1.807) is 24.3 Å². The van der Waals surface area contributed by atoms with Gasteiger partial charge in [-0.25, -0.2) is 4.57 Å². The Hall–Kier alpha value is -2.68. The summed E-state index contributed by atoms with van der Waals surface area (Å²) < 4.78 is 24.5. The molecule has 2 aromatic carbocycles. The maximum atomic E-state index is 13.1. The summed E-state index contributed by atoms with van der Waals surface area (Å²) in [4.78, 5) is 27.8. The van der Waals surface area contributed by atoms with Crippen molar-refractivity contribution in [2.45, 2.75) is 31.9 Å². The van der Waals surface area contributed by atoms with E-state index in [1.807, 2.05) is 23.1 Å². The molecule has 0 saturated carbocycles. The Labute approximate surface area is 224 Å². The highest BCUT2D eigenvalue weighted by Gasteiger charge is 2.35. The number of Topliss-reactive ketones (excluding diaryl/α,β-unsaturated/α-hetero) is 1. The summed E-state index contributed by atoms with van der Waals surface area (Å²) in [5, 5.41) is 10.2. The molecule has 9 nitrogen and oxygen atoms in total. The van der Waals surface area contributed by atoms with Crippen molar-refractivity contribution in [1.29, 1.82) is 0 Å². The number of aromatic nitrogens is 2. The highest BCUT2D eigenvalue weighted by atomic mass is 35.5. The number of nitrogens with zero attached hydrogens (tertiary/aromatic N) is 2. The molecule has 2 aliphatic heterocycles. The van der Waals surface area contributed by atoms with Gasteiger partial charge in [0.25, 0.3) is 5.91 Å². The van der Waals surface area contributed by atoms with Crippen LogP contribution in [-0.2, 0) is 22.1 Å². The summed E-state index contributed by atoms with van der Waals surface area (Å²) in [5.74, 6) is -0.0405. The van der Waals surface area contributed by atoms with Crippen molar-refractivity contribution in [1.82, 2.24) is 20.4 Å². The summed E-state index contributed by atoms with van der Waals surface area (Å²) in [6, 6.07) is 12.2. The zero-order chi connectivity index (χ0) is 26.0. The standard InChI is InChI=1S/C25H25Cl2N4O5P/c26-19-5-3-6-20(27)23(19)21(32)12-17-13-28-30-24(17)25(33)29-18-8-10-31(11-9-18)15-37(34)35-14-16-4-1-2-7-22(16)36-37/h1-7,13,18H,8-12,14-15H2,(H,28,30)(H,29,33). The second kappa shape index (κ2) is 11.0. The Morgan fingerprint density at radius 3 is 2.59 bits per heavy atom. The number of rotatable bonds is 7. The monoisotopic (exact) mass is 562 g/mol. The van der Waals surface area contributed by atoms with Gasteiger partial charge in [0.15, 0.2) is 5.78 Å². The molecule has 1 saturated heterocycles. The van der Waals surface area contributed by atoms with E-state index in [-0.39, 0.29) is 58.3 Å². The van der Waals surface area contributed by atoms with Crippen molar-refractivity contribution in [2.24, 2.45) is 0 Å². The molecule has 37 heavy (non-hydrogen) atoms. The Morgan fingerprint density at radius 2 is 1.84 bits per heavy atom. The first-order valence-electron chi connectivity index (χ1n) is 11.8. The highest BCUT2D eigenvalue weighted by molar-refractivity contribution is 7.54. The van der Waals surface area contributed by atoms with E-state index in [0.29, 0.717) is 37.2 Å². The number of carbonyl (C=O) groups excluding carboxylic acids is 2. The summed E-state index contributed by atoms with van der Waals surface area (Å²) >= 11 is 12.3. The molecule has 2 aliphatic rings. The fourth-order valence-corrected chi connectivity index (χ4v) is 6.90.